The number of ketones is 2. The average Bonchev–Trinajstić information content (AvgIpc) is 3.70. The zero-order valence-electron chi connectivity index (χ0n) is 26.3. The molecule has 1 amide bonds. The summed E-state index contributed by atoms with van der Waals surface area (Å²) in [4.78, 5) is 52.0. The van der Waals surface area contributed by atoms with Crippen molar-refractivity contribution in [2.45, 2.75) is 115 Å². The van der Waals surface area contributed by atoms with E-state index in [1.54, 1.807) is 9.58 Å². The lowest BCUT2D eigenvalue weighted by molar-refractivity contribution is -0.206. The minimum Gasteiger partial charge on any atom is -0.444 e. The fourth-order valence-corrected chi connectivity index (χ4v) is 7.32. The summed E-state index contributed by atoms with van der Waals surface area (Å²) in [6.07, 6.45) is 7.57. The Bertz CT molecular complexity index is 1360. The summed E-state index contributed by atoms with van der Waals surface area (Å²) < 4.78 is 19.6. The highest BCUT2D eigenvalue weighted by molar-refractivity contribution is 7.98. The van der Waals surface area contributed by atoms with E-state index < -0.39 is 23.2 Å². The zero-order valence-corrected chi connectivity index (χ0v) is 27.1. The van der Waals surface area contributed by atoms with E-state index in [-0.39, 0.29) is 29.5 Å². The molecule has 0 radical (unpaired) electrons. The number of thioether (sulfide) groups is 1. The van der Waals surface area contributed by atoms with Gasteiger partial charge in [-0.2, -0.15) is 5.10 Å². The predicted molar refractivity (Wildman–Crippen MR) is 162 cm³/mol. The van der Waals surface area contributed by atoms with Gasteiger partial charge in [-0.05, 0) is 66.1 Å². The van der Waals surface area contributed by atoms with Crippen molar-refractivity contribution < 1.29 is 28.6 Å². The Hall–Kier alpha value is -2.57. The van der Waals surface area contributed by atoms with Gasteiger partial charge in [-0.15, -0.1) is 11.8 Å². The Morgan fingerprint density at radius 3 is 2.53 bits per heavy atom. The number of Topliss-reactive ketones (excluding diaryl/α,β-unsaturated/α-hetero) is 2. The summed E-state index contributed by atoms with van der Waals surface area (Å²) >= 11 is 1.42. The fourth-order valence-electron chi connectivity index (χ4n) is 6.70. The van der Waals surface area contributed by atoms with E-state index >= 15 is 0 Å². The molecule has 3 aliphatic rings. The van der Waals surface area contributed by atoms with Crippen molar-refractivity contribution in [1.29, 1.82) is 0 Å². The molecule has 43 heavy (non-hydrogen) atoms. The minimum atomic E-state index is -0.946. The number of hydrogen-bond donors (Lipinski definition) is 0. The summed E-state index contributed by atoms with van der Waals surface area (Å²) in [7, 11) is 0. The maximum Gasteiger partial charge on any atom is 0.410 e. The molecule has 0 spiro atoms. The third-order valence-corrected chi connectivity index (χ3v) is 9.39. The number of fused-ring (bicyclic) bond motifs is 1. The maximum absolute atomic E-state index is 14.0. The monoisotopic (exact) mass is 615 g/mol. The topological polar surface area (TPSA) is 126 Å². The van der Waals surface area contributed by atoms with Gasteiger partial charge in [-0.3, -0.25) is 9.59 Å². The van der Waals surface area contributed by atoms with Crippen LogP contribution in [0.3, 0.4) is 0 Å². The van der Waals surface area contributed by atoms with Crippen LogP contribution in [0.25, 0.3) is 11.0 Å². The number of amides is 1. The van der Waals surface area contributed by atoms with Crippen LogP contribution in [0, 0.1) is 18.8 Å². The molecule has 2 saturated heterocycles. The summed E-state index contributed by atoms with van der Waals surface area (Å²) in [5.41, 5.74) is 0.705. The molecule has 0 aromatic carbocycles. The molecule has 1 saturated carbocycles. The molecule has 11 nitrogen and oxygen atoms in total. The van der Waals surface area contributed by atoms with Crippen LogP contribution in [0.5, 0.6) is 0 Å². The van der Waals surface area contributed by atoms with Crippen LogP contribution < -0.4 is 0 Å². The van der Waals surface area contributed by atoms with E-state index in [2.05, 4.69) is 11.9 Å². The molecule has 3 fully saturated rings. The SMILES string of the molecule is CCCCC1(C2CCCC(C(=O)c3nc(SC)c4c(C)nn(CC5CCCN5C(=O)OC(C)(C)C)c4n3)C2=O)OCCO1. The van der Waals surface area contributed by atoms with Crippen LogP contribution in [-0.4, -0.2) is 85.8 Å². The second-order valence-electron chi connectivity index (χ2n) is 12.9. The number of aryl methyl sites for hydroxylation is 1. The highest BCUT2D eigenvalue weighted by Crippen LogP contribution is 2.42. The number of carbonyl (C=O) groups excluding carboxylic acids is 3. The standard InChI is InChI=1S/C31H45N5O6S/c1-7-8-14-31(40-16-17-41-31)22-13-9-12-21(24(22)37)25(38)26-32-27-23(28(33-26)43-6)19(2)34-36(27)18-20-11-10-15-35(20)29(39)42-30(3,4)5/h20-22H,7-18H2,1-6H3. The second-order valence-corrected chi connectivity index (χ2v) is 13.7. The van der Waals surface area contributed by atoms with Gasteiger partial charge in [0.2, 0.25) is 5.78 Å². The van der Waals surface area contributed by atoms with Gasteiger partial charge in [-0.1, -0.05) is 19.8 Å². The van der Waals surface area contributed by atoms with Crippen molar-refractivity contribution in [3.63, 3.8) is 0 Å². The molecule has 2 aromatic rings. The van der Waals surface area contributed by atoms with Crippen molar-refractivity contribution >= 4 is 40.5 Å². The number of nitrogens with zero attached hydrogens (tertiary/aromatic N) is 5. The number of rotatable bonds is 9. The third-order valence-electron chi connectivity index (χ3n) is 8.71. The Balaban J connectivity index is 1.43. The van der Waals surface area contributed by atoms with Gasteiger partial charge in [0.15, 0.2) is 23.0 Å². The summed E-state index contributed by atoms with van der Waals surface area (Å²) in [6.45, 7) is 11.5. The van der Waals surface area contributed by atoms with E-state index in [9.17, 15) is 14.4 Å². The largest absolute Gasteiger partial charge is 0.444 e. The highest BCUT2D eigenvalue weighted by Gasteiger charge is 2.51. The predicted octanol–water partition coefficient (Wildman–Crippen LogP) is 5.36. The maximum atomic E-state index is 14.0. The number of unbranched alkanes of at least 4 members (excludes halogenated alkanes) is 1. The first kappa shape index (κ1) is 31.8. The van der Waals surface area contributed by atoms with E-state index in [0.29, 0.717) is 56.2 Å². The Kier molecular flexibility index (Phi) is 9.48. The lowest BCUT2D eigenvalue weighted by atomic mass is 9.73. The Labute approximate surface area is 257 Å². The Morgan fingerprint density at radius 2 is 1.86 bits per heavy atom. The van der Waals surface area contributed by atoms with Crippen LogP contribution in [0.4, 0.5) is 4.79 Å². The number of likely N-dealkylation sites (tertiary alicyclic amines) is 1. The van der Waals surface area contributed by atoms with Gasteiger partial charge in [0.1, 0.15) is 10.6 Å². The van der Waals surface area contributed by atoms with Crippen molar-refractivity contribution in [2.75, 3.05) is 26.0 Å². The molecule has 2 aliphatic heterocycles. The summed E-state index contributed by atoms with van der Waals surface area (Å²) in [5.74, 6) is -2.74. The molecule has 2 aromatic heterocycles. The van der Waals surface area contributed by atoms with Gasteiger partial charge in [0.25, 0.3) is 0 Å². The molecule has 5 rings (SSSR count). The molecular formula is C31H45N5O6S. The smallest absolute Gasteiger partial charge is 0.410 e. The van der Waals surface area contributed by atoms with Crippen molar-refractivity contribution in [3.05, 3.63) is 11.5 Å². The first-order chi connectivity index (χ1) is 20.5. The molecule has 1 aliphatic carbocycles. The number of aromatic nitrogens is 4. The molecule has 0 bridgehead atoms. The fraction of sp³-hybridized carbons (Fsp3) is 0.742. The summed E-state index contributed by atoms with van der Waals surface area (Å²) in [6, 6.07) is -0.115. The van der Waals surface area contributed by atoms with E-state index in [0.717, 1.165) is 43.2 Å². The Morgan fingerprint density at radius 1 is 1.12 bits per heavy atom. The second kappa shape index (κ2) is 12.8. The first-order valence-corrected chi connectivity index (χ1v) is 16.8. The van der Waals surface area contributed by atoms with Crippen LogP contribution in [0.1, 0.15) is 95.4 Å². The van der Waals surface area contributed by atoms with Gasteiger partial charge >= 0.3 is 6.09 Å². The number of hydrogen-bond acceptors (Lipinski definition) is 10. The zero-order chi connectivity index (χ0) is 30.9. The van der Waals surface area contributed by atoms with Crippen molar-refractivity contribution in [3.8, 4) is 0 Å². The van der Waals surface area contributed by atoms with Crippen LogP contribution in [0.2, 0.25) is 0 Å². The molecule has 3 atom stereocenters. The van der Waals surface area contributed by atoms with Gasteiger partial charge in [0, 0.05) is 13.0 Å². The normalized spacial score (nSPS) is 24.2. The average molecular weight is 616 g/mol. The molecular weight excluding hydrogens is 570 g/mol. The van der Waals surface area contributed by atoms with Crippen LogP contribution >= 0.6 is 11.8 Å². The van der Waals surface area contributed by atoms with Gasteiger partial charge in [0.05, 0.1) is 48.7 Å². The molecule has 3 unspecified atom stereocenters. The molecule has 12 heteroatoms. The first-order valence-electron chi connectivity index (χ1n) is 15.6. The van der Waals surface area contributed by atoms with Gasteiger partial charge in [-0.25, -0.2) is 19.4 Å². The lowest BCUT2D eigenvalue weighted by Crippen LogP contribution is -2.49. The van der Waals surface area contributed by atoms with Crippen LogP contribution in [0.15, 0.2) is 5.03 Å². The van der Waals surface area contributed by atoms with Crippen molar-refractivity contribution in [1.82, 2.24) is 24.6 Å². The molecule has 0 N–H and O–H groups in total. The quantitative estimate of drug-likeness (QED) is 0.158. The van der Waals surface area contributed by atoms with E-state index in [1.807, 2.05) is 34.0 Å². The number of ether oxygens (including phenoxy) is 3. The number of carbonyl (C=O) groups is 3. The lowest BCUT2D eigenvalue weighted by Gasteiger charge is -2.38. The molecule has 236 valence electrons. The third kappa shape index (κ3) is 6.47. The highest BCUT2D eigenvalue weighted by atomic mass is 32.2. The van der Waals surface area contributed by atoms with Crippen molar-refractivity contribution in [2.24, 2.45) is 11.8 Å². The van der Waals surface area contributed by atoms with Gasteiger partial charge < -0.3 is 19.1 Å². The minimum absolute atomic E-state index is 0.0308. The summed E-state index contributed by atoms with van der Waals surface area (Å²) in [5, 5.41) is 6.20. The van der Waals surface area contributed by atoms with Crippen LogP contribution in [-0.2, 0) is 25.5 Å². The van der Waals surface area contributed by atoms with E-state index in [1.165, 1.54) is 11.8 Å². The molecule has 4 heterocycles. The van der Waals surface area contributed by atoms with E-state index in [4.69, 9.17) is 24.3 Å².